The quantitative estimate of drug-likeness (QED) is 0.327. The molecule has 1 saturated heterocycles. The number of benzene rings is 1. The van der Waals surface area contributed by atoms with Crippen molar-refractivity contribution in [2.24, 2.45) is 11.7 Å². The van der Waals surface area contributed by atoms with Gasteiger partial charge in [0.15, 0.2) is 0 Å². The van der Waals surface area contributed by atoms with E-state index in [1.165, 1.54) is 11.3 Å². The van der Waals surface area contributed by atoms with Crippen molar-refractivity contribution in [2.45, 2.75) is 117 Å². The average Bonchev–Trinajstić information content (AvgIpc) is 3.61. The fourth-order valence-electron chi connectivity index (χ4n) is 5.46. The molecule has 4 N–H and O–H groups in total. The number of carbonyl (C=O) groups excluding carboxylic acids is 5. The highest BCUT2D eigenvalue weighted by Gasteiger charge is 2.43. The topological polar surface area (TPSA) is 148 Å². The first kappa shape index (κ1) is 33.8. The minimum absolute atomic E-state index is 0.192. The van der Waals surface area contributed by atoms with Crippen LogP contribution in [0.15, 0.2) is 24.3 Å². The Kier molecular flexibility index (Phi) is 13.8. The van der Waals surface area contributed by atoms with Gasteiger partial charge in [-0.3, -0.25) is 19.2 Å². The number of nitrogens with one attached hydrogen (secondary N) is 2. The van der Waals surface area contributed by atoms with Crippen molar-refractivity contribution in [3.8, 4) is 0 Å². The summed E-state index contributed by atoms with van der Waals surface area (Å²) >= 11 is 0. The molecular formula is C31H48N4O6. The van der Waals surface area contributed by atoms with Crippen LogP contribution in [-0.4, -0.2) is 65.3 Å². The molecule has 1 fully saturated rings. The maximum absolute atomic E-state index is 13.9. The molecule has 0 saturated carbocycles. The molecule has 1 aliphatic carbocycles. The smallest absolute Gasteiger partial charge is 0.408 e. The number of primary amides is 1. The van der Waals surface area contributed by atoms with Crippen molar-refractivity contribution >= 4 is 29.6 Å². The zero-order chi connectivity index (χ0) is 30.5. The Morgan fingerprint density at radius 1 is 0.976 bits per heavy atom. The number of likely N-dealkylation sites (tertiary alicyclic amines) is 1. The van der Waals surface area contributed by atoms with E-state index in [0.717, 1.165) is 11.1 Å². The van der Waals surface area contributed by atoms with Crippen LogP contribution in [0.4, 0.5) is 4.79 Å². The lowest BCUT2D eigenvalue weighted by atomic mass is 9.95. The molecule has 1 aliphatic heterocycles. The van der Waals surface area contributed by atoms with E-state index in [9.17, 15) is 24.0 Å². The SMILES string of the molecule is CCC.CCCC(NC(=O)[C@@H]1CCCN1C(=O)[C@@H](NC(=O)OC(CC)CC)C1Cc2ccccc2C1)C(=O)C(N)=O. The first-order chi connectivity index (χ1) is 19.6. The number of ether oxygens (including phenoxy) is 1. The molecule has 0 radical (unpaired) electrons. The summed E-state index contributed by atoms with van der Waals surface area (Å²) in [6.07, 6.45) is 4.74. The first-order valence-electron chi connectivity index (χ1n) is 15.1. The molecule has 4 amide bonds. The van der Waals surface area contributed by atoms with Gasteiger partial charge < -0.3 is 26.0 Å². The summed E-state index contributed by atoms with van der Waals surface area (Å²) in [5.41, 5.74) is 7.43. The Bertz CT molecular complexity index is 1030. The van der Waals surface area contributed by atoms with Gasteiger partial charge in [-0.05, 0) is 62.0 Å². The number of ketones is 1. The minimum atomic E-state index is -1.11. The van der Waals surface area contributed by atoms with E-state index >= 15 is 0 Å². The van der Waals surface area contributed by atoms with Crippen LogP contribution in [0.3, 0.4) is 0 Å². The van der Waals surface area contributed by atoms with E-state index in [4.69, 9.17) is 10.5 Å². The molecule has 3 atom stereocenters. The highest BCUT2D eigenvalue weighted by molar-refractivity contribution is 6.37. The van der Waals surface area contributed by atoms with Gasteiger partial charge >= 0.3 is 6.09 Å². The van der Waals surface area contributed by atoms with Gasteiger partial charge in [-0.15, -0.1) is 0 Å². The Hall–Kier alpha value is -3.43. The predicted octanol–water partition coefficient (Wildman–Crippen LogP) is 3.43. The highest BCUT2D eigenvalue weighted by Crippen LogP contribution is 2.31. The second-order valence-electron chi connectivity index (χ2n) is 10.9. The third-order valence-electron chi connectivity index (χ3n) is 7.57. The van der Waals surface area contributed by atoms with Gasteiger partial charge in [0.2, 0.25) is 17.6 Å². The number of Topliss-reactive ketones (excluding diaryl/α,β-unsaturated/α-hetero) is 1. The van der Waals surface area contributed by atoms with Crippen LogP contribution in [0.25, 0.3) is 0 Å². The molecule has 3 rings (SSSR count). The van der Waals surface area contributed by atoms with E-state index < -0.39 is 41.8 Å². The maximum Gasteiger partial charge on any atom is 0.408 e. The number of nitrogens with two attached hydrogens (primary N) is 1. The van der Waals surface area contributed by atoms with E-state index in [1.807, 2.05) is 45.0 Å². The van der Waals surface area contributed by atoms with Crippen molar-refractivity contribution in [2.75, 3.05) is 6.54 Å². The molecule has 228 valence electrons. The number of alkyl carbamates (subject to hydrolysis) is 1. The lowest BCUT2D eigenvalue weighted by Crippen LogP contribution is -2.58. The van der Waals surface area contributed by atoms with Gasteiger partial charge in [-0.2, -0.15) is 0 Å². The average molecular weight is 573 g/mol. The lowest BCUT2D eigenvalue weighted by molar-refractivity contribution is -0.142. The number of nitrogens with zero attached hydrogens (tertiary/aromatic N) is 1. The van der Waals surface area contributed by atoms with E-state index in [1.54, 1.807) is 0 Å². The number of hydrogen-bond donors (Lipinski definition) is 3. The van der Waals surface area contributed by atoms with Crippen molar-refractivity contribution in [1.82, 2.24) is 15.5 Å². The van der Waals surface area contributed by atoms with Gasteiger partial charge in [0.05, 0.1) is 6.04 Å². The van der Waals surface area contributed by atoms with Crippen molar-refractivity contribution in [3.63, 3.8) is 0 Å². The zero-order valence-corrected chi connectivity index (χ0v) is 25.2. The summed E-state index contributed by atoms with van der Waals surface area (Å²) < 4.78 is 5.55. The third-order valence-corrected chi connectivity index (χ3v) is 7.57. The number of fused-ring (bicyclic) bond motifs is 1. The first-order valence-corrected chi connectivity index (χ1v) is 15.1. The normalized spacial score (nSPS) is 17.6. The van der Waals surface area contributed by atoms with E-state index in [2.05, 4.69) is 24.5 Å². The minimum Gasteiger partial charge on any atom is -0.446 e. The summed E-state index contributed by atoms with van der Waals surface area (Å²) in [6, 6.07) is 5.23. The number of rotatable bonds is 12. The van der Waals surface area contributed by atoms with Gasteiger partial charge in [-0.1, -0.05) is 71.7 Å². The van der Waals surface area contributed by atoms with Crippen LogP contribution < -0.4 is 16.4 Å². The van der Waals surface area contributed by atoms with Crippen molar-refractivity contribution in [1.29, 1.82) is 0 Å². The molecule has 1 unspecified atom stereocenters. The zero-order valence-electron chi connectivity index (χ0n) is 25.2. The van der Waals surface area contributed by atoms with Gasteiger partial charge in [0, 0.05) is 6.54 Å². The molecule has 10 nitrogen and oxygen atoms in total. The molecule has 1 aromatic carbocycles. The summed E-state index contributed by atoms with van der Waals surface area (Å²) in [5, 5.41) is 5.46. The largest absolute Gasteiger partial charge is 0.446 e. The summed E-state index contributed by atoms with van der Waals surface area (Å²) in [6.45, 7) is 10.3. The second-order valence-corrected chi connectivity index (χ2v) is 10.9. The van der Waals surface area contributed by atoms with Crippen molar-refractivity contribution < 1.29 is 28.7 Å². The van der Waals surface area contributed by atoms with Crippen LogP contribution in [-0.2, 0) is 36.8 Å². The molecule has 41 heavy (non-hydrogen) atoms. The van der Waals surface area contributed by atoms with Crippen molar-refractivity contribution in [3.05, 3.63) is 35.4 Å². The van der Waals surface area contributed by atoms with E-state index in [-0.39, 0.29) is 24.3 Å². The van der Waals surface area contributed by atoms with Crippen LogP contribution in [0.1, 0.15) is 90.7 Å². The maximum atomic E-state index is 13.9. The van der Waals surface area contributed by atoms with Crippen LogP contribution >= 0.6 is 0 Å². The fraction of sp³-hybridized carbons (Fsp3) is 0.645. The van der Waals surface area contributed by atoms with E-state index in [0.29, 0.717) is 51.5 Å². The van der Waals surface area contributed by atoms with Gasteiger partial charge in [0.1, 0.15) is 18.2 Å². The molecule has 1 aromatic rings. The Morgan fingerprint density at radius 2 is 1.56 bits per heavy atom. The Balaban J connectivity index is 0.00000187. The fourth-order valence-corrected chi connectivity index (χ4v) is 5.46. The van der Waals surface area contributed by atoms with Crippen LogP contribution in [0.2, 0.25) is 0 Å². The number of hydrogen-bond acceptors (Lipinski definition) is 6. The molecule has 2 aliphatic rings. The number of amides is 4. The summed E-state index contributed by atoms with van der Waals surface area (Å²) in [7, 11) is 0. The highest BCUT2D eigenvalue weighted by atomic mass is 16.6. The van der Waals surface area contributed by atoms with Gasteiger partial charge in [-0.25, -0.2) is 4.79 Å². The molecule has 1 heterocycles. The molecule has 0 spiro atoms. The molecule has 10 heteroatoms. The monoisotopic (exact) mass is 572 g/mol. The Morgan fingerprint density at radius 3 is 2.07 bits per heavy atom. The van der Waals surface area contributed by atoms with Gasteiger partial charge in [0.25, 0.3) is 5.91 Å². The van der Waals surface area contributed by atoms with Crippen LogP contribution in [0.5, 0.6) is 0 Å². The standard InChI is InChI=1S/C28H40N4O6.C3H8/c1-4-10-21(24(33)25(29)34)30-26(35)22-13-9-14-32(22)27(36)23(31-28(37)38-20(5-2)6-3)19-15-17-11-7-8-12-18(17)16-19;1-3-2/h7-8,11-12,19-23H,4-6,9-10,13-16H2,1-3H3,(H2,29,34)(H,30,35)(H,31,37);3H2,1-2H3/t21?,22-,23-;/m0./s1. The Labute approximate surface area is 244 Å². The number of carbonyl (C=O) groups is 5. The second kappa shape index (κ2) is 16.7. The van der Waals surface area contributed by atoms with Crippen LogP contribution in [0, 0.1) is 5.92 Å². The lowest BCUT2D eigenvalue weighted by Gasteiger charge is -2.32. The molecule has 0 bridgehead atoms. The molecule has 0 aromatic heterocycles. The predicted molar refractivity (Wildman–Crippen MR) is 157 cm³/mol. The summed E-state index contributed by atoms with van der Waals surface area (Å²) in [4.78, 5) is 65.2. The third kappa shape index (κ3) is 9.30. The summed E-state index contributed by atoms with van der Waals surface area (Å²) in [5.74, 6) is -3.01. The molecular weight excluding hydrogens is 524 g/mol.